The van der Waals surface area contributed by atoms with Gasteiger partial charge in [-0.15, -0.1) is 5.10 Å². The number of aryl methyl sites for hydroxylation is 1. The lowest BCUT2D eigenvalue weighted by atomic mass is 10.3. The summed E-state index contributed by atoms with van der Waals surface area (Å²) in [4.78, 5) is 0. The molecule has 1 aliphatic rings. The summed E-state index contributed by atoms with van der Waals surface area (Å²) in [5.74, 6) is 0. The Kier molecular flexibility index (Phi) is 4.02. The topological polar surface area (TPSA) is 97.5 Å². The Hall–Kier alpha value is -0.550. The first-order chi connectivity index (χ1) is 8.48. The molecule has 0 bridgehead atoms. The fraction of sp³-hybridized carbons (Fsp3) is 0.750. The van der Waals surface area contributed by atoms with Crippen LogP contribution in [-0.2, 0) is 21.8 Å². The minimum absolute atomic E-state index is 0.0251. The maximum Gasteiger partial charge on any atom is 0.263 e. The molecule has 1 fully saturated rings. The molecule has 1 N–H and O–H groups in total. The molecule has 1 unspecified atom stereocenters. The molecular weight excluding hydrogens is 328 g/mol. The fourth-order valence-electron chi connectivity index (χ4n) is 1.81. The highest BCUT2D eigenvalue weighted by Crippen LogP contribution is 2.24. The zero-order chi connectivity index (χ0) is 13.3. The van der Waals surface area contributed by atoms with E-state index >= 15 is 0 Å². The molecule has 102 valence electrons. The molecular formula is C8H13BrN4O4S. The lowest BCUT2D eigenvalue weighted by molar-refractivity contribution is 0.0107. The first kappa shape index (κ1) is 13.9. The molecule has 1 aromatic heterocycles. The molecule has 10 heteroatoms. The summed E-state index contributed by atoms with van der Waals surface area (Å²) in [6.07, 6.45) is 0. The Morgan fingerprint density at radius 3 is 2.89 bits per heavy atom. The van der Waals surface area contributed by atoms with Crippen LogP contribution in [0.25, 0.3) is 0 Å². The van der Waals surface area contributed by atoms with E-state index in [1.54, 1.807) is 0 Å². The molecule has 1 atom stereocenters. The number of ether oxygens (including phenoxy) is 1. The lowest BCUT2D eigenvalue weighted by Crippen LogP contribution is -2.50. The van der Waals surface area contributed by atoms with Crippen molar-refractivity contribution in [1.29, 1.82) is 0 Å². The smallest absolute Gasteiger partial charge is 0.263 e. The van der Waals surface area contributed by atoms with Crippen LogP contribution in [0.4, 0.5) is 0 Å². The molecule has 1 aliphatic heterocycles. The number of aliphatic hydroxyl groups excluding tert-OH is 1. The van der Waals surface area contributed by atoms with Crippen LogP contribution in [0.2, 0.25) is 0 Å². The second kappa shape index (κ2) is 5.21. The molecule has 0 aliphatic carbocycles. The van der Waals surface area contributed by atoms with Crippen molar-refractivity contribution < 1.29 is 18.3 Å². The second-order valence-electron chi connectivity index (χ2n) is 3.84. The van der Waals surface area contributed by atoms with Gasteiger partial charge in [0.15, 0.2) is 4.60 Å². The van der Waals surface area contributed by atoms with E-state index in [1.165, 1.54) is 16.0 Å². The molecule has 8 nitrogen and oxygen atoms in total. The number of sulfonamides is 1. The summed E-state index contributed by atoms with van der Waals surface area (Å²) in [5.41, 5.74) is 0. The van der Waals surface area contributed by atoms with Crippen molar-refractivity contribution >= 4 is 26.0 Å². The van der Waals surface area contributed by atoms with Gasteiger partial charge in [-0.25, -0.2) is 13.1 Å². The van der Waals surface area contributed by atoms with Crippen LogP contribution in [0.1, 0.15) is 0 Å². The fourth-order valence-corrected chi connectivity index (χ4v) is 4.43. The zero-order valence-corrected chi connectivity index (χ0v) is 12.1. The SMILES string of the molecule is Cn1nnc(Br)c1S(=O)(=O)N1CCOCC1CO. The molecule has 2 rings (SSSR count). The van der Waals surface area contributed by atoms with E-state index in [4.69, 9.17) is 4.74 Å². The van der Waals surface area contributed by atoms with E-state index in [0.29, 0.717) is 6.61 Å². The minimum atomic E-state index is -3.76. The van der Waals surface area contributed by atoms with Crippen LogP contribution >= 0.6 is 15.9 Å². The third kappa shape index (κ3) is 2.30. The average Bonchev–Trinajstić information content (AvgIpc) is 2.69. The van der Waals surface area contributed by atoms with Crippen molar-refractivity contribution in [2.24, 2.45) is 7.05 Å². The van der Waals surface area contributed by atoms with Crippen LogP contribution in [0.3, 0.4) is 0 Å². The van der Waals surface area contributed by atoms with E-state index in [2.05, 4.69) is 26.2 Å². The average molecular weight is 341 g/mol. The van der Waals surface area contributed by atoms with E-state index in [0.717, 1.165) is 0 Å². The Bertz CT molecular complexity index is 512. The number of aliphatic hydroxyl groups is 1. The van der Waals surface area contributed by atoms with Crippen LogP contribution in [0.5, 0.6) is 0 Å². The van der Waals surface area contributed by atoms with Gasteiger partial charge in [0.2, 0.25) is 5.03 Å². The third-order valence-corrected chi connectivity index (χ3v) is 5.52. The van der Waals surface area contributed by atoms with Gasteiger partial charge in [-0.05, 0) is 15.9 Å². The van der Waals surface area contributed by atoms with E-state index in [1.807, 2.05) is 0 Å². The Morgan fingerprint density at radius 1 is 1.61 bits per heavy atom. The maximum absolute atomic E-state index is 12.5. The number of hydrogen-bond donors (Lipinski definition) is 1. The van der Waals surface area contributed by atoms with Crippen molar-refractivity contribution in [2.75, 3.05) is 26.4 Å². The quantitative estimate of drug-likeness (QED) is 0.754. The van der Waals surface area contributed by atoms with Crippen LogP contribution in [0, 0.1) is 0 Å². The predicted molar refractivity (Wildman–Crippen MR) is 64.3 cm³/mol. The van der Waals surface area contributed by atoms with Crippen molar-refractivity contribution in [1.82, 2.24) is 19.3 Å². The van der Waals surface area contributed by atoms with Gasteiger partial charge < -0.3 is 9.84 Å². The van der Waals surface area contributed by atoms with Gasteiger partial charge in [-0.3, -0.25) is 0 Å². The molecule has 0 radical (unpaired) electrons. The van der Waals surface area contributed by atoms with E-state index < -0.39 is 16.1 Å². The van der Waals surface area contributed by atoms with Crippen molar-refractivity contribution in [3.05, 3.63) is 4.60 Å². The summed E-state index contributed by atoms with van der Waals surface area (Å²) in [6.45, 7) is 0.393. The largest absolute Gasteiger partial charge is 0.395 e. The normalized spacial score (nSPS) is 22.3. The van der Waals surface area contributed by atoms with Gasteiger partial charge in [0.1, 0.15) is 0 Å². The Morgan fingerprint density at radius 2 is 2.33 bits per heavy atom. The molecule has 1 aromatic rings. The summed E-state index contributed by atoms with van der Waals surface area (Å²) in [7, 11) is -2.26. The highest BCUT2D eigenvalue weighted by molar-refractivity contribution is 9.10. The minimum Gasteiger partial charge on any atom is -0.395 e. The number of nitrogens with zero attached hydrogens (tertiary/aromatic N) is 4. The van der Waals surface area contributed by atoms with E-state index in [-0.39, 0.29) is 29.4 Å². The predicted octanol–water partition coefficient (Wildman–Crippen LogP) is -1.04. The Balaban J connectivity index is 2.41. The van der Waals surface area contributed by atoms with Gasteiger partial charge in [0.05, 0.1) is 25.9 Å². The monoisotopic (exact) mass is 340 g/mol. The van der Waals surface area contributed by atoms with Crippen molar-refractivity contribution in [3.8, 4) is 0 Å². The number of morpholine rings is 1. The number of hydrogen-bond acceptors (Lipinski definition) is 6. The molecule has 0 saturated carbocycles. The van der Waals surface area contributed by atoms with Gasteiger partial charge in [0.25, 0.3) is 10.0 Å². The standard InChI is InChI=1S/C8H13BrN4O4S/c1-12-8(7(9)10-11-12)18(15,16)13-2-3-17-5-6(13)4-14/h6,14H,2-5H2,1H3. The first-order valence-electron chi connectivity index (χ1n) is 5.24. The Labute approximate surface area is 113 Å². The van der Waals surface area contributed by atoms with Gasteiger partial charge in [0, 0.05) is 13.6 Å². The second-order valence-corrected chi connectivity index (χ2v) is 6.39. The van der Waals surface area contributed by atoms with Crippen molar-refractivity contribution in [2.45, 2.75) is 11.1 Å². The maximum atomic E-state index is 12.5. The number of aromatic nitrogens is 3. The third-order valence-electron chi connectivity index (χ3n) is 2.67. The van der Waals surface area contributed by atoms with Gasteiger partial charge in [-0.1, -0.05) is 5.21 Å². The summed E-state index contributed by atoms with van der Waals surface area (Å²) < 4.78 is 32.7. The molecule has 18 heavy (non-hydrogen) atoms. The molecule has 0 spiro atoms. The summed E-state index contributed by atoms with van der Waals surface area (Å²) in [5, 5.41) is 16.5. The number of halogens is 1. The lowest BCUT2D eigenvalue weighted by Gasteiger charge is -2.33. The van der Waals surface area contributed by atoms with Crippen LogP contribution < -0.4 is 0 Å². The molecule has 1 saturated heterocycles. The van der Waals surface area contributed by atoms with E-state index in [9.17, 15) is 13.5 Å². The first-order valence-corrected chi connectivity index (χ1v) is 7.47. The van der Waals surface area contributed by atoms with Crippen molar-refractivity contribution in [3.63, 3.8) is 0 Å². The molecule has 0 amide bonds. The zero-order valence-electron chi connectivity index (χ0n) is 9.65. The highest BCUT2D eigenvalue weighted by atomic mass is 79.9. The van der Waals surface area contributed by atoms with Crippen LogP contribution in [-0.4, -0.2) is 65.2 Å². The summed E-state index contributed by atoms with van der Waals surface area (Å²) in [6, 6.07) is -0.578. The molecule has 2 heterocycles. The summed E-state index contributed by atoms with van der Waals surface area (Å²) >= 11 is 3.07. The van der Waals surface area contributed by atoms with Gasteiger partial charge >= 0.3 is 0 Å². The number of rotatable bonds is 3. The van der Waals surface area contributed by atoms with Crippen LogP contribution in [0.15, 0.2) is 9.63 Å². The highest BCUT2D eigenvalue weighted by Gasteiger charge is 2.37. The van der Waals surface area contributed by atoms with Gasteiger partial charge in [-0.2, -0.15) is 4.31 Å². The molecule has 0 aromatic carbocycles.